The van der Waals surface area contributed by atoms with Gasteiger partial charge >= 0.3 is 19.8 Å². The third kappa shape index (κ3) is 38.0. The molecule has 308 valence electrons. The summed E-state index contributed by atoms with van der Waals surface area (Å²) in [5.74, 6) is -0.972. The second-order valence-corrected chi connectivity index (χ2v) is 15.1. The Bertz CT molecular complexity index is 1030. The minimum atomic E-state index is -4.63. The fourth-order valence-electron chi connectivity index (χ4n) is 5.34. The van der Waals surface area contributed by atoms with Crippen molar-refractivity contribution in [2.75, 3.05) is 26.4 Å². The first kappa shape index (κ1) is 50.9. The molecular formula is C42H75O10P. The highest BCUT2D eigenvalue weighted by Crippen LogP contribution is 2.43. The van der Waals surface area contributed by atoms with Crippen LogP contribution in [0.25, 0.3) is 0 Å². The Morgan fingerprint density at radius 1 is 0.585 bits per heavy atom. The molecule has 0 spiro atoms. The molecule has 0 aliphatic carbocycles. The molecule has 0 bridgehead atoms. The lowest BCUT2D eigenvalue weighted by Crippen LogP contribution is -2.29. The molecule has 0 saturated carbocycles. The lowest BCUT2D eigenvalue weighted by molar-refractivity contribution is -0.161. The van der Waals surface area contributed by atoms with Gasteiger partial charge in [-0.15, -0.1) is 0 Å². The standard InChI is InChI=1S/C42H75O10P/c1-3-5-7-9-11-13-15-17-19-21-23-25-27-29-31-33-41(45)49-37-40(38-51-53(47,48)50-36-39(44)35-43)52-42(46)34-32-30-28-26-24-22-20-18-16-14-12-10-8-6-4-2/h6,8,12,14,18,20,24,26,39-40,43-44H,3-5,7,9-11,13,15-17,19,21-23,25,27-38H2,1-2H3,(H,47,48)/b8-6+,14-12+,20-18+,26-24+/t39-,40+/m0/s1. The molecule has 0 aromatic rings. The van der Waals surface area contributed by atoms with E-state index in [1.807, 2.05) is 0 Å². The number of esters is 2. The topological polar surface area (TPSA) is 149 Å². The van der Waals surface area contributed by atoms with Crippen LogP contribution in [0.4, 0.5) is 0 Å². The molecule has 0 fully saturated rings. The zero-order chi connectivity index (χ0) is 39.1. The van der Waals surface area contributed by atoms with Crippen LogP contribution in [0.1, 0.15) is 168 Å². The van der Waals surface area contributed by atoms with Crippen LogP contribution in [-0.2, 0) is 32.7 Å². The van der Waals surface area contributed by atoms with Crippen molar-refractivity contribution in [1.29, 1.82) is 0 Å². The molecule has 0 amide bonds. The monoisotopic (exact) mass is 771 g/mol. The number of phosphoric acid groups is 1. The van der Waals surface area contributed by atoms with Gasteiger partial charge in [0.15, 0.2) is 6.10 Å². The van der Waals surface area contributed by atoms with E-state index in [4.69, 9.17) is 19.1 Å². The van der Waals surface area contributed by atoms with Crippen LogP contribution < -0.4 is 0 Å². The molecule has 0 aromatic heterocycles. The minimum absolute atomic E-state index is 0.132. The third-order valence-electron chi connectivity index (χ3n) is 8.50. The van der Waals surface area contributed by atoms with E-state index in [1.165, 1.54) is 70.6 Å². The number of carbonyl (C=O) groups excluding carboxylic acids is 2. The average Bonchev–Trinajstić information content (AvgIpc) is 3.14. The normalized spacial score (nSPS) is 14.4. The molecule has 0 aromatic carbocycles. The Labute approximate surface area is 322 Å². The summed E-state index contributed by atoms with van der Waals surface area (Å²) in [5, 5.41) is 18.3. The maximum absolute atomic E-state index is 12.6. The quantitative estimate of drug-likeness (QED) is 0.0240. The first-order valence-electron chi connectivity index (χ1n) is 20.6. The summed E-state index contributed by atoms with van der Waals surface area (Å²) in [5.41, 5.74) is 0. The van der Waals surface area contributed by atoms with Gasteiger partial charge in [0.1, 0.15) is 12.7 Å². The number of unbranched alkanes of at least 4 members (excludes halogenated alkanes) is 16. The third-order valence-corrected chi connectivity index (χ3v) is 9.45. The highest BCUT2D eigenvalue weighted by molar-refractivity contribution is 7.47. The molecule has 0 heterocycles. The van der Waals surface area contributed by atoms with Crippen molar-refractivity contribution in [3.63, 3.8) is 0 Å². The minimum Gasteiger partial charge on any atom is -0.462 e. The predicted octanol–water partition coefficient (Wildman–Crippen LogP) is 10.6. The number of hydrogen-bond acceptors (Lipinski definition) is 9. The number of rotatable bonds is 38. The van der Waals surface area contributed by atoms with Crippen LogP contribution in [-0.4, -0.2) is 65.7 Å². The van der Waals surface area contributed by atoms with Gasteiger partial charge in [-0.05, 0) is 51.4 Å². The maximum atomic E-state index is 12.6. The van der Waals surface area contributed by atoms with E-state index in [0.29, 0.717) is 12.8 Å². The lowest BCUT2D eigenvalue weighted by Gasteiger charge is -2.20. The first-order valence-corrected chi connectivity index (χ1v) is 22.1. The Morgan fingerprint density at radius 3 is 1.57 bits per heavy atom. The molecule has 1 unspecified atom stereocenters. The number of ether oxygens (including phenoxy) is 2. The van der Waals surface area contributed by atoms with Gasteiger partial charge in [0.2, 0.25) is 0 Å². The Balaban J connectivity index is 4.39. The smallest absolute Gasteiger partial charge is 0.462 e. The van der Waals surface area contributed by atoms with Crippen LogP contribution in [0, 0.1) is 0 Å². The summed E-state index contributed by atoms with van der Waals surface area (Å²) in [6, 6.07) is 0. The molecule has 10 nitrogen and oxygen atoms in total. The average molecular weight is 771 g/mol. The van der Waals surface area contributed by atoms with Crippen LogP contribution in [0.15, 0.2) is 48.6 Å². The van der Waals surface area contributed by atoms with Gasteiger partial charge in [-0.2, -0.15) is 0 Å². The molecular weight excluding hydrogens is 695 g/mol. The molecule has 3 atom stereocenters. The predicted molar refractivity (Wildman–Crippen MR) is 214 cm³/mol. The Hall–Kier alpha value is -2.07. The number of hydrogen-bond donors (Lipinski definition) is 3. The lowest BCUT2D eigenvalue weighted by atomic mass is 10.0. The fraction of sp³-hybridized carbons (Fsp3) is 0.762. The molecule has 11 heteroatoms. The summed E-state index contributed by atoms with van der Waals surface area (Å²) >= 11 is 0. The van der Waals surface area contributed by atoms with E-state index >= 15 is 0 Å². The van der Waals surface area contributed by atoms with Gasteiger partial charge < -0.3 is 24.6 Å². The molecule has 0 saturated heterocycles. The Morgan fingerprint density at radius 2 is 1.04 bits per heavy atom. The van der Waals surface area contributed by atoms with Crippen molar-refractivity contribution in [2.45, 2.75) is 180 Å². The van der Waals surface area contributed by atoms with E-state index in [0.717, 1.165) is 57.8 Å². The summed E-state index contributed by atoms with van der Waals surface area (Å²) in [7, 11) is -4.63. The zero-order valence-electron chi connectivity index (χ0n) is 33.2. The van der Waals surface area contributed by atoms with Gasteiger partial charge in [0.25, 0.3) is 0 Å². The van der Waals surface area contributed by atoms with E-state index < -0.39 is 51.8 Å². The summed E-state index contributed by atoms with van der Waals surface area (Å²) in [6.45, 7) is 2.21. The molecule has 0 radical (unpaired) electrons. The Kier molecular flexibility index (Phi) is 36.7. The van der Waals surface area contributed by atoms with Gasteiger partial charge in [-0.3, -0.25) is 18.6 Å². The van der Waals surface area contributed by atoms with Crippen LogP contribution in [0.3, 0.4) is 0 Å². The second kappa shape index (κ2) is 38.2. The molecule has 53 heavy (non-hydrogen) atoms. The van der Waals surface area contributed by atoms with Crippen molar-refractivity contribution in [2.24, 2.45) is 0 Å². The van der Waals surface area contributed by atoms with Gasteiger partial charge in [-0.25, -0.2) is 4.57 Å². The highest BCUT2D eigenvalue weighted by atomic mass is 31.2. The van der Waals surface area contributed by atoms with Gasteiger partial charge in [-0.1, -0.05) is 152 Å². The molecule has 0 aliphatic heterocycles. The summed E-state index contributed by atoms with van der Waals surface area (Å²) in [6.07, 6.45) is 39.4. The van der Waals surface area contributed by atoms with Crippen molar-refractivity contribution >= 4 is 19.8 Å². The van der Waals surface area contributed by atoms with Crippen LogP contribution >= 0.6 is 7.82 Å². The van der Waals surface area contributed by atoms with Crippen molar-refractivity contribution in [3.05, 3.63) is 48.6 Å². The molecule has 0 rings (SSSR count). The summed E-state index contributed by atoms with van der Waals surface area (Å²) < 4.78 is 32.6. The fourth-order valence-corrected chi connectivity index (χ4v) is 6.13. The highest BCUT2D eigenvalue weighted by Gasteiger charge is 2.27. The maximum Gasteiger partial charge on any atom is 0.472 e. The summed E-state index contributed by atoms with van der Waals surface area (Å²) in [4.78, 5) is 34.9. The van der Waals surface area contributed by atoms with E-state index in [9.17, 15) is 24.2 Å². The van der Waals surface area contributed by atoms with Gasteiger partial charge in [0.05, 0.1) is 19.8 Å². The number of carbonyl (C=O) groups is 2. The van der Waals surface area contributed by atoms with Crippen molar-refractivity contribution < 1.29 is 47.8 Å². The first-order chi connectivity index (χ1) is 25.7. The van der Waals surface area contributed by atoms with E-state index in [1.54, 1.807) is 0 Å². The van der Waals surface area contributed by atoms with Gasteiger partial charge in [0, 0.05) is 12.8 Å². The number of aliphatic hydroxyl groups is 2. The van der Waals surface area contributed by atoms with Crippen LogP contribution in [0.5, 0.6) is 0 Å². The van der Waals surface area contributed by atoms with E-state index in [-0.39, 0.29) is 19.4 Å². The SMILES string of the molecule is CC/C=C/C/C=C/C/C=C/C/C=C/CCCCC(=O)O[C@H](COC(=O)CCCCCCCCCCCCCCCCC)COP(=O)(O)OC[C@@H](O)CO. The molecule has 0 aliphatic rings. The largest absolute Gasteiger partial charge is 0.472 e. The molecule has 3 N–H and O–H groups in total. The van der Waals surface area contributed by atoms with Crippen molar-refractivity contribution in [3.8, 4) is 0 Å². The second-order valence-electron chi connectivity index (χ2n) is 13.6. The van der Waals surface area contributed by atoms with Crippen molar-refractivity contribution in [1.82, 2.24) is 0 Å². The van der Waals surface area contributed by atoms with E-state index in [2.05, 4.69) is 67.0 Å². The number of aliphatic hydroxyl groups excluding tert-OH is 2. The van der Waals surface area contributed by atoms with Crippen LogP contribution in [0.2, 0.25) is 0 Å². The number of phosphoric ester groups is 1. The zero-order valence-corrected chi connectivity index (χ0v) is 34.1. The number of allylic oxidation sites excluding steroid dienone is 8.